The van der Waals surface area contributed by atoms with Gasteiger partial charge in [-0.2, -0.15) is 8.75 Å². The molecule has 0 aliphatic heterocycles. The van der Waals surface area contributed by atoms with Gasteiger partial charge in [0.05, 0.1) is 27.3 Å². The number of unbranched alkanes of at least 4 members (excludes halogenated alkanes) is 5. The minimum Gasteiger partial charge on any atom is -0.503 e. The predicted octanol–water partition coefficient (Wildman–Crippen LogP) is 5.66. The van der Waals surface area contributed by atoms with Crippen LogP contribution in [0.2, 0.25) is 0 Å². The van der Waals surface area contributed by atoms with Crippen molar-refractivity contribution in [1.29, 1.82) is 0 Å². The molecule has 2 rings (SSSR count). The van der Waals surface area contributed by atoms with Gasteiger partial charge in [-0.3, -0.25) is 0 Å². The first-order valence-corrected chi connectivity index (χ1v) is 9.43. The largest absolute Gasteiger partial charge is 0.503 e. The predicted molar refractivity (Wildman–Crippen MR) is 93.4 cm³/mol. The fourth-order valence-corrected chi connectivity index (χ4v) is 3.92. The van der Waals surface area contributed by atoms with Crippen molar-refractivity contribution >= 4 is 54.6 Å². The number of benzene rings is 1. The molecule has 4 nitrogen and oxygen atoms in total. The second kappa shape index (κ2) is 8.29. The molecule has 2 aromatic rings. The summed E-state index contributed by atoms with van der Waals surface area (Å²) in [5.41, 5.74) is 1.36. The molecule has 1 heterocycles. The van der Waals surface area contributed by atoms with E-state index in [2.05, 4.69) is 47.5 Å². The summed E-state index contributed by atoms with van der Waals surface area (Å²) < 4.78 is 15.3. The SMILES string of the molecule is CCCCCCCCOc1c(O)c(Br)c2nsnc2c1Br. The number of halogens is 2. The van der Waals surface area contributed by atoms with Gasteiger partial charge in [0.1, 0.15) is 11.0 Å². The van der Waals surface area contributed by atoms with Gasteiger partial charge in [-0.1, -0.05) is 39.0 Å². The molecule has 0 saturated heterocycles. The van der Waals surface area contributed by atoms with E-state index in [0.29, 0.717) is 32.3 Å². The van der Waals surface area contributed by atoms with E-state index >= 15 is 0 Å². The van der Waals surface area contributed by atoms with Gasteiger partial charge in [0.2, 0.25) is 0 Å². The molecule has 0 amide bonds. The van der Waals surface area contributed by atoms with Gasteiger partial charge < -0.3 is 9.84 Å². The van der Waals surface area contributed by atoms with E-state index in [4.69, 9.17) is 4.74 Å². The number of aromatic hydroxyl groups is 1. The summed E-state index contributed by atoms with van der Waals surface area (Å²) in [6.45, 7) is 2.80. The molecule has 0 radical (unpaired) electrons. The lowest BCUT2D eigenvalue weighted by atomic mass is 10.1. The van der Waals surface area contributed by atoms with Crippen molar-refractivity contribution in [2.75, 3.05) is 6.61 Å². The number of aromatic nitrogens is 2. The van der Waals surface area contributed by atoms with Crippen LogP contribution in [-0.2, 0) is 0 Å². The Balaban J connectivity index is 1.96. The van der Waals surface area contributed by atoms with Gasteiger partial charge in [-0.05, 0) is 38.3 Å². The molecule has 21 heavy (non-hydrogen) atoms. The first kappa shape index (κ1) is 17.0. The summed E-state index contributed by atoms with van der Waals surface area (Å²) in [4.78, 5) is 0. The van der Waals surface area contributed by atoms with Crippen LogP contribution in [0.4, 0.5) is 0 Å². The topological polar surface area (TPSA) is 55.2 Å². The van der Waals surface area contributed by atoms with Crippen LogP contribution in [0.25, 0.3) is 11.0 Å². The van der Waals surface area contributed by atoms with Gasteiger partial charge in [-0.25, -0.2) is 0 Å². The van der Waals surface area contributed by atoms with Crippen LogP contribution in [0.1, 0.15) is 45.4 Å². The van der Waals surface area contributed by atoms with E-state index in [1.165, 1.54) is 25.7 Å². The molecule has 1 aromatic heterocycles. The number of hydrogen-bond donors (Lipinski definition) is 1. The Kier molecular flexibility index (Phi) is 6.70. The molecule has 0 atom stereocenters. The highest BCUT2D eigenvalue weighted by Crippen LogP contribution is 2.46. The average Bonchev–Trinajstić information content (AvgIpc) is 2.97. The summed E-state index contributed by atoms with van der Waals surface area (Å²) in [7, 11) is 0. The number of rotatable bonds is 8. The maximum absolute atomic E-state index is 10.2. The normalized spacial score (nSPS) is 11.2. The quantitative estimate of drug-likeness (QED) is 0.541. The highest BCUT2D eigenvalue weighted by atomic mass is 79.9. The Labute approximate surface area is 145 Å². The lowest BCUT2D eigenvalue weighted by Gasteiger charge is -2.11. The van der Waals surface area contributed by atoms with Crippen molar-refractivity contribution < 1.29 is 9.84 Å². The molecule has 1 aromatic carbocycles. The van der Waals surface area contributed by atoms with Crippen molar-refractivity contribution in [2.45, 2.75) is 45.4 Å². The molecule has 0 spiro atoms. The van der Waals surface area contributed by atoms with Crippen LogP contribution >= 0.6 is 43.6 Å². The van der Waals surface area contributed by atoms with Crippen LogP contribution in [0.5, 0.6) is 11.5 Å². The van der Waals surface area contributed by atoms with Gasteiger partial charge in [0, 0.05) is 0 Å². The summed E-state index contributed by atoms with van der Waals surface area (Å²) in [6, 6.07) is 0. The third-order valence-electron chi connectivity index (χ3n) is 3.27. The highest BCUT2D eigenvalue weighted by molar-refractivity contribution is 9.11. The molecule has 1 N–H and O–H groups in total. The second-order valence-electron chi connectivity index (χ2n) is 4.88. The average molecular weight is 438 g/mol. The lowest BCUT2D eigenvalue weighted by Crippen LogP contribution is -1.99. The van der Waals surface area contributed by atoms with Crippen molar-refractivity contribution in [3.8, 4) is 11.5 Å². The molecule has 0 aliphatic carbocycles. The smallest absolute Gasteiger partial charge is 0.178 e. The first-order valence-electron chi connectivity index (χ1n) is 7.11. The van der Waals surface area contributed by atoms with E-state index < -0.39 is 0 Å². The van der Waals surface area contributed by atoms with Crippen LogP contribution in [-0.4, -0.2) is 20.5 Å². The Morgan fingerprint density at radius 2 is 1.62 bits per heavy atom. The van der Waals surface area contributed by atoms with Crippen molar-refractivity contribution in [3.63, 3.8) is 0 Å². The van der Waals surface area contributed by atoms with Crippen LogP contribution in [0.15, 0.2) is 8.95 Å². The Morgan fingerprint density at radius 3 is 2.33 bits per heavy atom. The van der Waals surface area contributed by atoms with E-state index in [9.17, 15) is 5.11 Å². The Morgan fingerprint density at radius 1 is 1.00 bits per heavy atom. The zero-order valence-electron chi connectivity index (χ0n) is 11.9. The zero-order chi connectivity index (χ0) is 15.2. The monoisotopic (exact) mass is 436 g/mol. The molecular formula is C14H18Br2N2O2S. The van der Waals surface area contributed by atoms with Gasteiger partial charge in [0.25, 0.3) is 0 Å². The van der Waals surface area contributed by atoms with Crippen LogP contribution in [0, 0.1) is 0 Å². The summed E-state index contributed by atoms with van der Waals surface area (Å²) >= 11 is 7.91. The van der Waals surface area contributed by atoms with Crippen LogP contribution < -0.4 is 4.74 Å². The maximum atomic E-state index is 10.2. The van der Waals surface area contributed by atoms with Crippen molar-refractivity contribution in [3.05, 3.63) is 8.95 Å². The molecule has 0 aliphatic rings. The molecule has 0 unspecified atom stereocenters. The van der Waals surface area contributed by atoms with Gasteiger partial charge >= 0.3 is 0 Å². The molecular weight excluding hydrogens is 420 g/mol. The second-order valence-corrected chi connectivity index (χ2v) is 7.00. The number of fused-ring (bicyclic) bond motifs is 1. The first-order chi connectivity index (χ1) is 10.2. The minimum atomic E-state index is 0.0769. The molecule has 0 bridgehead atoms. The Hall–Kier alpha value is -0.400. The van der Waals surface area contributed by atoms with Gasteiger partial charge in [-0.15, -0.1) is 0 Å². The molecule has 0 fully saturated rings. The van der Waals surface area contributed by atoms with E-state index in [-0.39, 0.29) is 5.75 Å². The molecule has 0 saturated carbocycles. The lowest BCUT2D eigenvalue weighted by molar-refractivity contribution is 0.287. The van der Waals surface area contributed by atoms with Gasteiger partial charge in [0.15, 0.2) is 11.5 Å². The molecule has 7 heteroatoms. The fourth-order valence-electron chi connectivity index (χ4n) is 2.09. The maximum Gasteiger partial charge on any atom is 0.178 e. The third-order valence-corrected chi connectivity index (χ3v) is 5.29. The minimum absolute atomic E-state index is 0.0769. The van der Waals surface area contributed by atoms with E-state index in [1.54, 1.807) is 0 Å². The Bertz CT molecular complexity index is 604. The standard InChI is InChI=1S/C14H18Br2N2O2S/c1-2-3-4-5-6-7-8-20-14-10(16)12-11(17-21-18-12)9(15)13(14)19/h19H,2-8H2,1H3. The highest BCUT2D eigenvalue weighted by Gasteiger charge is 2.20. The van der Waals surface area contributed by atoms with Crippen molar-refractivity contribution in [1.82, 2.24) is 8.75 Å². The van der Waals surface area contributed by atoms with Crippen LogP contribution in [0.3, 0.4) is 0 Å². The third kappa shape index (κ3) is 4.07. The number of ether oxygens (including phenoxy) is 1. The summed E-state index contributed by atoms with van der Waals surface area (Å²) in [6.07, 6.45) is 7.22. The van der Waals surface area contributed by atoms with E-state index in [0.717, 1.165) is 24.6 Å². The van der Waals surface area contributed by atoms with Crippen molar-refractivity contribution in [2.24, 2.45) is 0 Å². The summed E-state index contributed by atoms with van der Waals surface area (Å²) in [5, 5.41) is 10.2. The molecule has 116 valence electrons. The fraction of sp³-hybridized carbons (Fsp3) is 0.571. The number of phenolic OH excluding ortho intramolecular Hbond substituents is 1. The zero-order valence-corrected chi connectivity index (χ0v) is 15.9. The number of nitrogens with zero attached hydrogens (tertiary/aromatic N) is 2. The van der Waals surface area contributed by atoms with E-state index in [1.807, 2.05) is 0 Å². The number of hydrogen-bond acceptors (Lipinski definition) is 5. The number of phenols is 1. The summed E-state index contributed by atoms with van der Waals surface area (Å²) in [5.74, 6) is 0.517.